The first-order valence-corrected chi connectivity index (χ1v) is 6.91. The molecule has 0 aromatic carbocycles. The predicted octanol–water partition coefficient (Wildman–Crippen LogP) is 0.0248. The largest absolute Gasteiger partial charge is 0.396 e. The van der Waals surface area contributed by atoms with Crippen LogP contribution in [0.25, 0.3) is 0 Å². The summed E-state index contributed by atoms with van der Waals surface area (Å²) in [4.78, 5) is 14.0. The van der Waals surface area contributed by atoms with Crippen molar-refractivity contribution in [1.82, 2.24) is 15.5 Å². The van der Waals surface area contributed by atoms with Crippen LogP contribution in [0.15, 0.2) is 0 Å². The molecule has 0 aliphatic carbocycles. The lowest BCUT2D eigenvalue weighted by Crippen LogP contribution is -2.56. The fourth-order valence-corrected chi connectivity index (χ4v) is 1.97. The van der Waals surface area contributed by atoms with Crippen LogP contribution in [0.4, 0.5) is 4.79 Å². The summed E-state index contributed by atoms with van der Waals surface area (Å²) in [6.45, 7) is 10.6. The van der Waals surface area contributed by atoms with E-state index in [4.69, 9.17) is 9.84 Å². The van der Waals surface area contributed by atoms with Gasteiger partial charge in [-0.2, -0.15) is 0 Å². The maximum Gasteiger partial charge on any atom is 0.314 e. The fourth-order valence-electron chi connectivity index (χ4n) is 1.97. The summed E-state index contributed by atoms with van der Waals surface area (Å²) in [6.07, 6.45) is 0. The van der Waals surface area contributed by atoms with Crippen LogP contribution in [0, 0.1) is 5.92 Å². The Balaban J connectivity index is 2.27. The van der Waals surface area contributed by atoms with Crippen molar-refractivity contribution in [2.24, 2.45) is 5.92 Å². The van der Waals surface area contributed by atoms with Gasteiger partial charge in [0.25, 0.3) is 0 Å². The van der Waals surface area contributed by atoms with Crippen molar-refractivity contribution in [2.75, 3.05) is 46.0 Å². The van der Waals surface area contributed by atoms with Crippen LogP contribution in [0.5, 0.6) is 0 Å². The third-order valence-corrected chi connectivity index (χ3v) is 3.47. The van der Waals surface area contributed by atoms with Gasteiger partial charge in [-0.15, -0.1) is 0 Å². The van der Waals surface area contributed by atoms with Crippen LogP contribution < -0.4 is 10.6 Å². The first-order valence-electron chi connectivity index (χ1n) is 6.91. The molecular weight excluding hydrogens is 246 g/mol. The zero-order chi connectivity index (χ0) is 14.3. The van der Waals surface area contributed by atoms with E-state index in [1.165, 1.54) is 0 Å². The summed E-state index contributed by atoms with van der Waals surface area (Å²) >= 11 is 0. The minimum absolute atomic E-state index is 0.0796. The molecule has 6 heteroatoms. The number of aliphatic hydroxyl groups excluding tert-OH is 1. The van der Waals surface area contributed by atoms with E-state index in [1.807, 2.05) is 6.92 Å². The zero-order valence-corrected chi connectivity index (χ0v) is 12.2. The molecule has 1 saturated heterocycles. The third kappa shape index (κ3) is 5.76. The van der Waals surface area contributed by atoms with Crippen molar-refractivity contribution < 1.29 is 14.6 Å². The van der Waals surface area contributed by atoms with E-state index in [2.05, 4.69) is 29.4 Å². The van der Waals surface area contributed by atoms with Crippen molar-refractivity contribution in [2.45, 2.75) is 26.3 Å². The van der Waals surface area contributed by atoms with Crippen molar-refractivity contribution in [1.29, 1.82) is 0 Å². The predicted molar refractivity (Wildman–Crippen MR) is 74.1 cm³/mol. The number of ether oxygens (including phenoxy) is 1. The SMILES string of the molecule is CC(CO)CNC(=O)NCC(C)(C)N1CCOCC1. The maximum atomic E-state index is 11.6. The molecule has 0 radical (unpaired) electrons. The van der Waals surface area contributed by atoms with Gasteiger partial charge in [-0.25, -0.2) is 4.79 Å². The second kappa shape index (κ2) is 7.67. The van der Waals surface area contributed by atoms with E-state index in [1.54, 1.807) is 0 Å². The minimum Gasteiger partial charge on any atom is -0.396 e. The highest BCUT2D eigenvalue weighted by Crippen LogP contribution is 2.14. The highest BCUT2D eigenvalue weighted by Gasteiger charge is 2.28. The number of amides is 2. The Bertz CT molecular complexity index is 278. The molecular formula is C13H27N3O3. The monoisotopic (exact) mass is 273 g/mol. The van der Waals surface area contributed by atoms with E-state index in [9.17, 15) is 4.79 Å². The van der Waals surface area contributed by atoms with Crippen LogP contribution in [0.3, 0.4) is 0 Å². The van der Waals surface area contributed by atoms with Crippen LogP contribution in [0.1, 0.15) is 20.8 Å². The van der Waals surface area contributed by atoms with Gasteiger partial charge in [-0.1, -0.05) is 6.92 Å². The molecule has 1 atom stereocenters. The molecule has 1 aliphatic rings. The summed E-state index contributed by atoms with van der Waals surface area (Å²) < 4.78 is 5.33. The molecule has 0 aromatic heterocycles. The Morgan fingerprint density at radius 2 is 2.00 bits per heavy atom. The molecule has 6 nitrogen and oxygen atoms in total. The number of morpholine rings is 1. The molecule has 1 unspecified atom stereocenters. The number of hydrogen-bond donors (Lipinski definition) is 3. The number of hydrogen-bond acceptors (Lipinski definition) is 4. The van der Waals surface area contributed by atoms with Gasteiger partial charge < -0.3 is 20.5 Å². The standard InChI is InChI=1S/C13H27N3O3/c1-11(9-17)8-14-12(18)15-10-13(2,3)16-4-6-19-7-5-16/h11,17H,4-10H2,1-3H3,(H2,14,15,18). The molecule has 19 heavy (non-hydrogen) atoms. The number of carbonyl (C=O) groups is 1. The van der Waals surface area contributed by atoms with E-state index in [-0.39, 0.29) is 24.1 Å². The molecule has 1 fully saturated rings. The smallest absolute Gasteiger partial charge is 0.314 e. The van der Waals surface area contributed by atoms with Gasteiger partial charge in [0.15, 0.2) is 0 Å². The normalized spacial score (nSPS) is 18.9. The molecule has 1 heterocycles. The molecule has 112 valence electrons. The zero-order valence-electron chi connectivity index (χ0n) is 12.2. The minimum atomic E-state index is -0.179. The summed E-state index contributed by atoms with van der Waals surface area (Å²) in [5.74, 6) is 0.0815. The Labute approximate surface area is 115 Å². The van der Waals surface area contributed by atoms with Gasteiger partial charge in [0.05, 0.1) is 13.2 Å². The average Bonchev–Trinajstić information content (AvgIpc) is 2.43. The lowest BCUT2D eigenvalue weighted by Gasteiger charge is -2.40. The highest BCUT2D eigenvalue weighted by atomic mass is 16.5. The Morgan fingerprint density at radius 3 is 2.58 bits per heavy atom. The first kappa shape index (κ1) is 16.2. The Morgan fingerprint density at radius 1 is 1.37 bits per heavy atom. The Hall–Kier alpha value is -0.850. The van der Waals surface area contributed by atoms with Gasteiger partial charge in [-0.3, -0.25) is 4.90 Å². The number of rotatable bonds is 6. The second-order valence-electron chi connectivity index (χ2n) is 5.76. The van der Waals surface area contributed by atoms with Gasteiger partial charge in [-0.05, 0) is 19.8 Å². The number of nitrogens with zero attached hydrogens (tertiary/aromatic N) is 1. The molecule has 2 amide bonds. The third-order valence-electron chi connectivity index (χ3n) is 3.47. The Kier molecular flexibility index (Phi) is 6.54. The number of carbonyl (C=O) groups excluding carboxylic acids is 1. The molecule has 1 rings (SSSR count). The van der Waals surface area contributed by atoms with Crippen molar-refractivity contribution in [3.05, 3.63) is 0 Å². The number of urea groups is 1. The van der Waals surface area contributed by atoms with Gasteiger partial charge in [0, 0.05) is 38.3 Å². The summed E-state index contributed by atoms with van der Waals surface area (Å²) in [6, 6.07) is -0.179. The second-order valence-corrected chi connectivity index (χ2v) is 5.76. The van der Waals surface area contributed by atoms with Crippen LogP contribution >= 0.6 is 0 Å². The van der Waals surface area contributed by atoms with Gasteiger partial charge in [0.1, 0.15) is 0 Å². The van der Waals surface area contributed by atoms with E-state index < -0.39 is 0 Å². The van der Waals surface area contributed by atoms with E-state index in [0.29, 0.717) is 13.1 Å². The summed E-state index contributed by atoms with van der Waals surface area (Å²) in [5, 5.41) is 14.5. The van der Waals surface area contributed by atoms with Crippen LogP contribution in [-0.4, -0.2) is 67.6 Å². The highest BCUT2D eigenvalue weighted by molar-refractivity contribution is 5.73. The molecule has 0 bridgehead atoms. The molecule has 0 aromatic rings. The van der Waals surface area contributed by atoms with E-state index in [0.717, 1.165) is 26.3 Å². The summed E-state index contributed by atoms with van der Waals surface area (Å²) in [5.41, 5.74) is -0.0796. The van der Waals surface area contributed by atoms with Crippen molar-refractivity contribution in [3.63, 3.8) is 0 Å². The molecule has 0 saturated carbocycles. The lowest BCUT2D eigenvalue weighted by atomic mass is 10.0. The van der Waals surface area contributed by atoms with Gasteiger partial charge >= 0.3 is 6.03 Å². The van der Waals surface area contributed by atoms with E-state index >= 15 is 0 Å². The molecule has 0 spiro atoms. The molecule has 3 N–H and O–H groups in total. The first-order chi connectivity index (χ1) is 8.95. The molecule has 1 aliphatic heterocycles. The number of nitrogens with one attached hydrogen (secondary N) is 2. The summed E-state index contributed by atoms with van der Waals surface area (Å²) in [7, 11) is 0. The maximum absolute atomic E-state index is 11.6. The fraction of sp³-hybridized carbons (Fsp3) is 0.923. The van der Waals surface area contributed by atoms with Crippen LogP contribution in [0.2, 0.25) is 0 Å². The quantitative estimate of drug-likeness (QED) is 0.638. The van der Waals surface area contributed by atoms with Gasteiger partial charge in [0.2, 0.25) is 0 Å². The topological polar surface area (TPSA) is 73.8 Å². The van der Waals surface area contributed by atoms with Crippen molar-refractivity contribution in [3.8, 4) is 0 Å². The lowest BCUT2D eigenvalue weighted by molar-refractivity contribution is -0.00875. The number of aliphatic hydroxyl groups is 1. The van der Waals surface area contributed by atoms with Crippen LogP contribution in [-0.2, 0) is 4.74 Å². The van der Waals surface area contributed by atoms with Crippen molar-refractivity contribution >= 4 is 6.03 Å². The average molecular weight is 273 g/mol.